The number of piperazine rings is 1. The normalized spacial score (nSPS) is 23.3. The molecular formula is C35H52F2N6O. The minimum Gasteiger partial charge on any atom is -0.349 e. The smallest absolute Gasteiger partial charge is 0.248 e. The minimum atomic E-state index is -2.63. The van der Waals surface area contributed by atoms with Gasteiger partial charge in [-0.25, -0.2) is 8.78 Å². The van der Waals surface area contributed by atoms with Crippen molar-refractivity contribution in [2.24, 2.45) is 5.92 Å². The van der Waals surface area contributed by atoms with Crippen LogP contribution >= 0.6 is 0 Å². The summed E-state index contributed by atoms with van der Waals surface area (Å²) in [7, 11) is 2.02. The fourth-order valence-corrected chi connectivity index (χ4v) is 7.35. The van der Waals surface area contributed by atoms with E-state index in [1.807, 2.05) is 31.4 Å². The molecule has 2 heterocycles. The predicted octanol–water partition coefficient (Wildman–Crippen LogP) is 5.11. The topological polar surface area (TPSA) is 72.5 Å². The lowest BCUT2D eigenvalue weighted by molar-refractivity contribution is -0.130. The number of carbonyl (C=O) groups excluding carboxylic acids is 1. The molecule has 3 N–H and O–H groups in total. The Balaban J connectivity index is 1.20. The number of carbonyl (C=O) groups is 1. The summed E-state index contributed by atoms with van der Waals surface area (Å²) in [6.07, 6.45) is 8.66. The third-order valence-electron chi connectivity index (χ3n) is 9.86. The molecule has 3 atom stereocenters. The summed E-state index contributed by atoms with van der Waals surface area (Å²) >= 11 is 0. The molecule has 3 aliphatic rings. The number of fused-ring (bicyclic) bond motifs is 1. The van der Waals surface area contributed by atoms with Crippen molar-refractivity contribution in [3.8, 4) is 0 Å². The van der Waals surface area contributed by atoms with Gasteiger partial charge in [0.05, 0.1) is 17.8 Å². The average Bonchev–Trinajstić information content (AvgIpc) is 3.04. The van der Waals surface area contributed by atoms with Gasteiger partial charge < -0.3 is 20.9 Å². The standard InChI is InChI=1S/C35H52F2N6O/c1-38-19-5-6-22-43(32-13-7-11-28-12-8-20-40-33(28)32)26-30-25-42(24-21-39-30)23-16-31(27-9-3-2-4-10-27)41-34(44)29-14-17-35(36,37)18-15-29/h2-4,8-10,12,20,29-32,38-39H,5-7,11,13-19,21-26H2,1H3,(H,41,44)/t30-,31-,32+/m1/s1. The fourth-order valence-electron chi connectivity index (χ4n) is 7.35. The number of amides is 1. The molecule has 1 aliphatic heterocycles. The van der Waals surface area contributed by atoms with Crippen LogP contribution in [-0.2, 0) is 11.2 Å². The Morgan fingerprint density at radius 1 is 1.14 bits per heavy atom. The van der Waals surface area contributed by atoms with Crippen molar-refractivity contribution in [3.05, 3.63) is 65.5 Å². The van der Waals surface area contributed by atoms with E-state index in [9.17, 15) is 13.6 Å². The van der Waals surface area contributed by atoms with Gasteiger partial charge in [0.25, 0.3) is 0 Å². The summed E-state index contributed by atoms with van der Waals surface area (Å²) in [5, 5.41) is 10.3. The molecule has 0 bridgehead atoms. The van der Waals surface area contributed by atoms with E-state index in [1.165, 1.54) is 17.7 Å². The van der Waals surface area contributed by atoms with Crippen LogP contribution in [0.1, 0.15) is 86.7 Å². The van der Waals surface area contributed by atoms with Crippen molar-refractivity contribution < 1.29 is 13.6 Å². The Morgan fingerprint density at radius 2 is 1.95 bits per heavy atom. The number of rotatable bonds is 14. The molecule has 0 radical (unpaired) electrons. The van der Waals surface area contributed by atoms with Crippen molar-refractivity contribution in [2.75, 3.05) is 52.9 Å². The maximum Gasteiger partial charge on any atom is 0.248 e. The molecule has 1 aromatic carbocycles. The van der Waals surface area contributed by atoms with Crippen molar-refractivity contribution >= 4 is 5.91 Å². The lowest BCUT2D eigenvalue weighted by Crippen LogP contribution is -2.55. The summed E-state index contributed by atoms with van der Waals surface area (Å²) in [6, 6.07) is 15.0. The molecule has 2 aliphatic carbocycles. The zero-order chi connectivity index (χ0) is 30.8. The maximum absolute atomic E-state index is 13.7. The minimum absolute atomic E-state index is 0.0807. The molecule has 9 heteroatoms. The number of nitrogens with one attached hydrogen (secondary N) is 3. The first-order valence-electron chi connectivity index (χ1n) is 16.9. The molecular weight excluding hydrogens is 558 g/mol. The second-order valence-electron chi connectivity index (χ2n) is 13.1. The number of pyridine rings is 1. The molecule has 2 aromatic rings. The molecule has 1 amide bonds. The number of aromatic nitrogens is 1. The van der Waals surface area contributed by atoms with E-state index in [1.54, 1.807) is 0 Å². The first kappa shape index (κ1) is 32.9. The zero-order valence-electron chi connectivity index (χ0n) is 26.5. The van der Waals surface area contributed by atoms with Gasteiger partial charge in [-0.3, -0.25) is 14.7 Å². The van der Waals surface area contributed by atoms with Crippen molar-refractivity contribution in [3.63, 3.8) is 0 Å². The summed E-state index contributed by atoms with van der Waals surface area (Å²) < 4.78 is 27.4. The highest BCUT2D eigenvalue weighted by Gasteiger charge is 2.38. The van der Waals surface area contributed by atoms with E-state index in [4.69, 9.17) is 4.98 Å². The molecule has 0 unspecified atom stereocenters. The summed E-state index contributed by atoms with van der Waals surface area (Å²) in [6.45, 7) is 6.83. The van der Waals surface area contributed by atoms with E-state index >= 15 is 0 Å². The number of alkyl halides is 2. The summed E-state index contributed by atoms with van der Waals surface area (Å²) in [4.78, 5) is 23.3. The number of aryl methyl sites for hydroxylation is 1. The molecule has 0 spiro atoms. The van der Waals surface area contributed by atoms with Gasteiger partial charge in [-0.2, -0.15) is 0 Å². The highest BCUT2D eigenvalue weighted by atomic mass is 19.3. The van der Waals surface area contributed by atoms with Crippen LogP contribution in [0.15, 0.2) is 48.7 Å². The van der Waals surface area contributed by atoms with E-state index in [0.717, 1.165) is 83.5 Å². The zero-order valence-corrected chi connectivity index (χ0v) is 26.5. The van der Waals surface area contributed by atoms with Gasteiger partial charge in [0.1, 0.15) is 0 Å². The van der Waals surface area contributed by atoms with Crippen LogP contribution in [0.25, 0.3) is 0 Å². The van der Waals surface area contributed by atoms with Gasteiger partial charge >= 0.3 is 0 Å². The molecule has 1 saturated heterocycles. The van der Waals surface area contributed by atoms with Gasteiger partial charge in [-0.05, 0) is 88.7 Å². The number of unbranched alkanes of at least 4 members (excludes halogenated alkanes) is 1. The van der Waals surface area contributed by atoms with Crippen molar-refractivity contribution in [2.45, 2.75) is 88.3 Å². The first-order valence-corrected chi connectivity index (χ1v) is 16.9. The van der Waals surface area contributed by atoms with Crippen molar-refractivity contribution in [1.29, 1.82) is 0 Å². The van der Waals surface area contributed by atoms with Crippen LogP contribution in [0.2, 0.25) is 0 Å². The van der Waals surface area contributed by atoms with Gasteiger partial charge in [0.2, 0.25) is 11.8 Å². The summed E-state index contributed by atoms with van der Waals surface area (Å²) in [5.41, 5.74) is 3.74. The highest BCUT2D eigenvalue weighted by Crippen LogP contribution is 2.37. The molecule has 242 valence electrons. The van der Waals surface area contributed by atoms with Gasteiger partial charge in [-0.1, -0.05) is 36.4 Å². The van der Waals surface area contributed by atoms with Crippen LogP contribution in [-0.4, -0.2) is 85.5 Å². The largest absolute Gasteiger partial charge is 0.349 e. The SMILES string of the molecule is CNCCCCN(C[C@H]1CN(CC[C@@H](NC(=O)C2CCC(F)(F)CC2)c2ccccc2)CCN1)[C@H]1CCCc2cccnc21. The monoisotopic (exact) mass is 610 g/mol. The number of benzene rings is 1. The molecule has 1 saturated carbocycles. The Bertz CT molecular complexity index is 1160. The molecule has 44 heavy (non-hydrogen) atoms. The summed E-state index contributed by atoms with van der Waals surface area (Å²) in [5.74, 6) is -3.04. The van der Waals surface area contributed by atoms with Crippen molar-refractivity contribution in [1.82, 2.24) is 30.7 Å². The molecule has 5 rings (SSSR count). The van der Waals surface area contributed by atoms with E-state index in [0.29, 0.717) is 12.1 Å². The van der Waals surface area contributed by atoms with E-state index in [-0.39, 0.29) is 43.6 Å². The van der Waals surface area contributed by atoms with Crippen LogP contribution < -0.4 is 16.0 Å². The maximum atomic E-state index is 13.7. The highest BCUT2D eigenvalue weighted by molar-refractivity contribution is 5.79. The van der Waals surface area contributed by atoms with Gasteiger partial charge in [0, 0.05) is 63.7 Å². The lowest BCUT2D eigenvalue weighted by Gasteiger charge is -2.41. The van der Waals surface area contributed by atoms with Crippen LogP contribution in [0.5, 0.6) is 0 Å². The molecule has 7 nitrogen and oxygen atoms in total. The molecule has 2 fully saturated rings. The Kier molecular flexibility index (Phi) is 12.1. The third-order valence-corrected chi connectivity index (χ3v) is 9.86. The first-order chi connectivity index (χ1) is 21.4. The second-order valence-corrected chi connectivity index (χ2v) is 13.1. The fraction of sp³-hybridized carbons (Fsp3) is 0.657. The lowest BCUT2D eigenvalue weighted by atomic mass is 9.86. The number of hydrogen-bond acceptors (Lipinski definition) is 6. The quantitative estimate of drug-likeness (QED) is 0.259. The Labute approximate surface area is 262 Å². The van der Waals surface area contributed by atoms with Crippen LogP contribution in [0.4, 0.5) is 8.78 Å². The van der Waals surface area contributed by atoms with Gasteiger partial charge in [-0.15, -0.1) is 0 Å². The number of hydrogen-bond donors (Lipinski definition) is 3. The number of nitrogens with zero attached hydrogens (tertiary/aromatic N) is 3. The average molecular weight is 611 g/mol. The second kappa shape index (κ2) is 16.2. The third kappa shape index (κ3) is 9.28. The van der Waals surface area contributed by atoms with Crippen LogP contribution in [0.3, 0.4) is 0 Å². The Hall–Kier alpha value is -2.46. The van der Waals surface area contributed by atoms with Gasteiger partial charge in [0.15, 0.2) is 0 Å². The van der Waals surface area contributed by atoms with E-state index in [2.05, 4.69) is 50.0 Å². The Morgan fingerprint density at radius 3 is 2.75 bits per heavy atom. The number of halogens is 2. The predicted molar refractivity (Wildman–Crippen MR) is 172 cm³/mol. The molecule has 1 aromatic heterocycles. The van der Waals surface area contributed by atoms with E-state index < -0.39 is 5.92 Å². The van der Waals surface area contributed by atoms with Crippen LogP contribution in [0, 0.1) is 5.92 Å².